The van der Waals surface area contributed by atoms with Crippen molar-refractivity contribution < 1.29 is 0 Å². The van der Waals surface area contributed by atoms with E-state index in [9.17, 15) is 0 Å². The van der Waals surface area contributed by atoms with Gasteiger partial charge in [0.25, 0.3) is 0 Å². The fraction of sp³-hybridized carbons (Fsp3) is 0.222. The first-order chi connectivity index (χ1) is 8.77. The molecule has 0 bridgehead atoms. The van der Waals surface area contributed by atoms with Crippen LogP contribution in [-0.2, 0) is 12.8 Å². The van der Waals surface area contributed by atoms with E-state index < -0.39 is 0 Å². The largest absolute Gasteiger partial charge is 0.0680 e. The van der Waals surface area contributed by atoms with Crippen molar-refractivity contribution in [3.63, 3.8) is 0 Å². The first kappa shape index (κ1) is 11.3. The molecule has 1 aliphatic rings. The van der Waals surface area contributed by atoms with Crippen molar-refractivity contribution in [3.05, 3.63) is 76.4 Å². The topological polar surface area (TPSA) is 0 Å². The van der Waals surface area contributed by atoms with Crippen LogP contribution in [0.15, 0.2) is 54.1 Å². The number of hydrogen-bond acceptors (Lipinski definition) is 0. The van der Waals surface area contributed by atoms with Crippen molar-refractivity contribution >= 4 is 5.57 Å². The Bertz CT molecular complexity index is 564. The zero-order valence-electron chi connectivity index (χ0n) is 11.0. The van der Waals surface area contributed by atoms with E-state index in [1.165, 1.54) is 33.4 Å². The van der Waals surface area contributed by atoms with Crippen LogP contribution in [-0.4, -0.2) is 0 Å². The van der Waals surface area contributed by atoms with E-state index >= 15 is 0 Å². The van der Waals surface area contributed by atoms with E-state index in [4.69, 9.17) is 0 Å². The van der Waals surface area contributed by atoms with Gasteiger partial charge >= 0.3 is 0 Å². The van der Waals surface area contributed by atoms with Gasteiger partial charge in [0.1, 0.15) is 0 Å². The van der Waals surface area contributed by atoms with Crippen LogP contribution in [0.3, 0.4) is 0 Å². The van der Waals surface area contributed by atoms with E-state index in [-0.39, 0.29) is 0 Å². The second-order valence-corrected chi connectivity index (χ2v) is 5.19. The molecule has 0 heteroatoms. The van der Waals surface area contributed by atoms with E-state index in [1.54, 1.807) is 0 Å². The summed E-state index contributed by atoms with van der Waals surface area (Å²) in [7, 11) is 0. The number of benzene rings is 2. The molecule has 1 aliphatic carbocycles. The minimum atomic E-state index is 1.14. The van der Waals surface area contributed by atoms with Gasteiger partial charge in [-0.15, -0.1) is 0 Å². The van der Waals surface area contributed by atoms with Crippen molar-refractivity contribution in [3.8, 4) is 0 Å². The number of rotatable bonds is 0. The second-order valence-electron chi connectivity index (χ2n) is 5.19. The van der Waals surface area contributed by atoms with E-state index in [0.717, 1.165) is 12.8 Å². The summed E-state index contributed by atoms with van der Waals surface area (Å²) < 4.78 is 0. The Morgan fingerprint density at radius 2 is 1.17 bits per heavy atom. The van der Waals surface area contributed by atoms with Crippen molar-refractivity contribution in [2.45, 2.75) is 26.7 Å². The average Bonchev–Trinajstić information content (AvgIpc) is 2.55. The van der Waals surface area contributed by atoms with E-state index in [0.29, 0.717) is 0 Å². The van der Waals surface area contributed by atoms with Gasteiger partial charge in [0, 0.05) is 0 Å². The number of fused-ring (bicyclic) bond motifs is 2. The molecule has 0 fully saturated rings. The lowest BCUT2D eigenvalue weighted by molar-refractivity contribution is 0.965. The third-order valence-electron chi connectivity index (χ3n) is 3.74. The number of allylic oxidation sites excluding steroid dienone is 1. The molecule has 2 aromatic rings. The Balaban J connectivity index is 2.32. The van der Waals surface area contributed by atoms with Crippen molar-refractivity contribution in [2.75, 3.05) is 0 Å². The third kappa shape index (κ3) is 1.78. The highest BCUT2D eigenvalue weighted by atomic mass is 14.2. The minimum Gasteiger partial charge on any atom is -0.0680 e. The van der Waals surface area contributed by atoms with Crippen molar-refractivity contribution in [1.29, 1.82) is 0 Å². The molecule has 18 heavy (non-hydrogen) atoms. The van der Waals surface area contributed by atoms with Gasteiger partial charge in [-0.3, -0.25) is 0 Å². The fourth-order valence-electron chi connectivity index (χ4n) is 2.92. The molecule has 90 valence electrons. The fourth-order valence-corrected chi connectivity index (χ4v) is 2.92. The molecule has 0 amide bonds. The molecule has 3 rings (SSSR count). The van der Waals surface area contributed by atoms with Crippen LogP contribution in [0.25, 0.3) is 5.57 Å². The predicted octanol–water partition coefficient (Wildman–Crippen LogP) is 4.63. The summed E-state index contributed by atoms with van der Waals surface area (Å²) in [5.41, 5.74) is 8.62. The first-order valence-corrected chi connectivity index (χ1v) is 6.61. The summed E-state index contributed by atoms with van der Waals surface area (Å²) in [4.78, 5) is 0. The first-order valence-electron chi connectivity index (χ1n) is 6.61. The SMILES string of the molecule is CC(C)=C1c2ccccc2CCc2ccccc21. The molecular formula is C18H18. The Morgan fingerprint density at radius 1 is 0.722 bits per heavy atom. The monoisotopic (exact) mass is 234 g/mol. The summed E-state index contributed by atoms with van der Waals surface area (Å²) in [6.45, 7) is 4.43. The molecule has 0 atom stereocenters. The molecule has 0 N–H and O–H groups in total. The normalized spacial score (nSPS) is 13.6. The lowest BCUT2D eigenvalue weighted by Crippen LogP contribution is -1.93. The van der Waals surface area contributed by atoms with Gasteiger partial charge in [-0.05, 0) is 54.5 Å². The quantitative estimate of drug-likeness (QED) is 0.623. The highest BCUT2D eigenvalue weighted by Crippen LogP contribution is 2.35. The van der Waals surface area contributed by atoms with Crippen LogP contribution in [0.2, 0.25) is 0 Å². The smallest absolute Gasteiger partial charge is 0.0119 e. The molecular weight excluding hydrogens is 216 g/mol. The zero-order chi connectivity index (χ0) is 12.5. The van der Waals surface area contributed by atoms with Crippen LogP contribution in [0.5, 0.6) is 0 Å². The Labute approximate surface area is 109 Å². The molecule has 2 aromatic carbocycles. The van der Waals surface area contributed by atoms with Gasteiger partial charge in [-0.2, -0.15) is 0 Å². The van der Waals surface area contributed by atoms with Crippen molar-refractivity contribution in [1.82, 2.24) is 0 Å². The van der Waals surface area contributed by atoms with Crippen LogP contribution in [0.4, 0.5) is 0 Å². The molecule has 0 radical (unpaired) electrons. The molecule has 0 saturated heterocycles. The van der Waals surface area contributed by atoms with Crippen LogP contribution < -0.4 is 0 Å². The average molecular weight is 234 g/mol. The molecule has 0 aromatic heterocycles. The highest BCUT2D eigenvalue weighted by Gasteiger charge is 2.17. The zero-order valence-corrected chi connectivity index (χ0v) is 11.0. The van der Waals surface area contributed by atoms with Crippen LogP contribution in [0.1, 0.15) is 36.1 Å². The van der Waals surface area contributed by atoms with Crippen molar-refractivity contribution in [2.24, 2.45) is 0 Å². The molecule has 0 unspecified atom stereocenters. The molecule has 0 heterocycles. The minimum absolute atomic E-state index is 1.14. The maximum absolute atomic E-state index is 2.27. The maximum Gasteiger partial charge on any atom is -0.0119 e. The van der Waals surface area contributed by atoms with E-state index in [2.05, 4.69) is 62.4 Å². The predicted molar refractivity (Wildman–Crippen MR) is 77.7 cm³/mol. The van der Waals surface area contributed by atoms with Gasteiger partial charge < -0.3 is 0 Å². The Hall–Kier alpha value is -1.82. The van der Waals surface area contributed by atoms with Gasteiger partial charge in [0.15, 0.2) is 0 Å². The Morgan fingerprint density at radius 3 is 1.61 bits per heavy atom. The number of hydrogen-bond donors (Lipinski definition) is 0. The lowest BCUT2D eigenvalue weighted by Gasteiger charge is -2.13. The summed E-state index contributed by atoms with van der Waals surface area (Å²) >= 11 is 0. The van der Waals surface area contributed by atoms with Crippen LogP contribution in [0, 0.1) is 0 Å². The summed E-state index contributed by atoms with van der Waals surface area (Å²) in [5, 5.41) is 0. The van der Waals surface area contributed by atoms with Crippen LogP contribution >= 0.6 is 0 Å². The molecule has 0 nitrogen and oxygen atoms in total. The maximum atomic E-state index is 2.27. The highest BCUT2D eigenvalue weighted by molar-refractivity contribution is 5.85. The number of aryl methyl sites for hydroxylation is 2. The second kappa shape index (κ2) is 4.45. The van der Waals surface area contributed by atoms with Gasteiger partial charge in [0.05, 0.1) is 0 Å². The van der Waals surface area contributed by atoms with Gasteiger partial charge in [-0.25, -0.2) is 0 Å². The summed E-state index contributed by atoms with van der Waals surface area (Å²) in [5.74, 6) is 0. The van der Waals surface area contributed by atoms with Gasteiger partial charge in [-0.1, -0.05) is 54.1 Å². The Kier molecular flexibility index (Phi) is 2.79. The van der Waals surface area contributed by atoms with E-state index in [1.807, 2.05) is 0 Å². The lowest BCUT2D eigenvalue weighted by atomic mass is 9.91. The molecule has 0 aliphatic heterocycles. The van der Waals surface area contributed by atoms with Gasteiger partial charge in [0.2, 0.25) is 0 Å². The third-order valence-corrected chi connectivity index (χ3v) is 3.74. The summed E-state index contributed by atoms with van der Waals surface area (Å²) in [6.07, 6.45) is 2.29. The molecule has 0 saturated carbocycles. The summed E-state index contributed by atoms with van der Waals surface area (Å²) in [6, 6.07) is 17.7. The molecule has 0 spiro atoms. The standard InChI is InChI=1S/C18H18/c1-13(2)18-16-9-5-3-7-14(16)11-12-15-8-4-6-10-17(15)18/h3-10H,11-12H2,1-2H3.